The number of hydrogen-bond donors (Lipinski definition) is 3. The first-order valence-corrected chi connectivity index (χ1v) is 5.02. The monoisotopic (exact) mass is 208 g/mol. The van der Waals surface area contributed by atoms with Crippen LogP contribution in [-0.4, -0.2) is 24.2 Å². The van der Waals surface area contributed by atoms with Crippen LogP contribution in [0.1, 0.15) is 12.5 Å². The highest BCUT2D eigenvalue weighted by Crippen LogP contribution is 2.09. The van der Waals surface area contributed by atoms with Gasteiger partial charge < -0.3 is 15.7 Å². The van der Waals surface area contributed by atoms with E-state index < -0.39 is 0 Å². The molecule has 0 unspecified atom stereocenters. The van der Waals surface area contributed by atoms with E-state index in [1.807, 2.05) is 19.1 Å². The fraction of sp³-hybridized carbons (Fsp3) is 0.364. The summed E-state index contributed by atoms with van der Waals surface area (Å²) >= 11 is 0. The maximum Gasteiger partial charge on any atom is 0.314 e. The summed E-state index contributed by atoms with van der Waals surface area (Å²) in [5.41, 5.74) is 1.09. The molecule has 0 spiro atoms. The minimum Gasteiger partial charge on any atom is -0.508 e. The number of rotatable bonds is 4. The summed E-state index contributed by atoms with van der Waals surface area (Å²) in [6.45, 7) is 3.10. The molecule has 0 saturated heterocycles. The van der Waals surface area contributed by atoms with Gasteiger partial charge in [0.1, 0.15) is 5.75 Å². The molecule has 3 N–H and O–H groups in total. The standard InChI is InChI=1S/C11H16N2O2/c1-2-12-11(15)13-8-7-9-3-5-10(14)6-4-9/h3-6,14H,2,7-8H2,1H3,(H2,12,13,15). The average molecular weight is 208 g/mol. The van der Waals surface area contributed by atoms with Gasteiger partial charge in [0.25, 0.3) is 0 Å². The molecule has 0 fully saturated rings. The molecule has 0 radical (unpaired) electrons. The Kier molecular flexibility index (Phi) is 4.47. The van der Waals surface area contributed by atoms with Crippen LogP contribution in [0.2, 0.25) is 0 Å². The Labute approximate surface area is 89.3 Å². The smallest absolute Gasteiger partial charge is 0.314 e. The Morgan fingerprint density at radius 3 is 2.53 bits per heavy atom. The Bertz CT molecular complexity index is 309. The maximum atomic E-state index is 11.0. The van der Waals surface area contributed by atoms with E-state index in [2.05, 4.69) is 10.6 Å². The van der Waals surface area contributed by atoms with Crippen LogP contribution in [0.15, 0.2) is 24.3 Å². The van der Waals surface area contributed by atoms with Gasteiger partial charge in [0, 0.05) is 13.1 Å². The number of urea groups is 1. The van der Waals surface area contributed by atoms with Gasteiger partial charge in [-0.1, -0.05) is 12.1 Å². The van der Waals surface area contributed by atoms with Gasteiger partial charge in [0.15, 0.2) is 0 Å². The van der Waals surface area contributed by atoms with E-state index in [9.17, 15) is 4.79 Å². The summed E-state index contributed by atoms with van der Waals surface area (Å²) in [5, 5.41) is 14.4. The van der Waals surface area contributed by atoms with E-state index in [1.54, 1.807) is 12.1 Å². The Morgan fingerprint density at radius 1 is 1.27 bits per heavy atom. The highest BCUT2D eigenvalue weighted by atomic mass is 16.3. The molecule has 0 aliphatic rings. The molecule has 1 aromatic rings. The van der Waals surface area contributed by atoms with Gasteiger partial charge in [0.05, 0.1) is 0 Å². The fourth-order valence-electron chi connectivity index (χ4n) is 1.21. The van der Waals surface area contributed by atoms with Gasteiger partial charge in [-0.15, -0.1) is 0 Å². The van der Waals surface area contributed by atoms with E-state index in [0.717, 1.165) is 12.0 Å². The van der Waals surface area contributed by atoms with Crippen LogP contribution >= 0.6 is 0 Å². The average Bonchev–Trinajstić information content (AvgIpc) is 2.21. The number of phenols is 1. The number of hydrogen-bond acceptors (Lipinski definition) is 2. The second-order valence-electron chi connectivity index (χ2n) is 3.20. The van der Waals surface area contributed by atoms with E-state index in [-0.39, 0.29) is 11.8 Å². The molecule has 0 atom stereocenters. The van der Waals surface area contributed by atoms with Crippen LogP contribution in [0.5, 0.6) is 5.75 Å². The van der Waals surface area contributed by atoms with Crippen LogP contribution < -0.4 is 10.6 Å². The quantitative estimate of drug-likeness (QED) is 0.697. The zero-order valence-corrected chi connectivity index (χ0v) is 8.79. The molecule has 1 rings (SSSR count). The summed E-state index contributed by atoms with van der Waals surface area (Å²) in [7, 11) is 0. The molecule has 82 valence electrons. The normalized spacial score (nSPS) is 9.67. The lowest BCUT2D eigenvalue weighted by Gasteiger charge is -2.05. The van der Waals surface area contributed by atoms with Crippen molar-refractivity contribution < 1.29 is 9.90 Å². The predicted octanol–water partition coefficient (Wildman–Crippen LogP) is 1.25. The molecule has 4 nitrogen and oxygen atoms in total. The molecule has 0 bridgehead atoms. The fourth-order valence-corrected chi connectivity index (χ4v) is 1.21. The number of carbonyl (C=O) groups excluding carboxylic acids is 1. The van der Waals surface area contributed by atoms with Crippen LogP contribution in [-0.2, 0) is 6.42 Å². The van der Waals surface area contributed by atoms with Crippen molar-refractivity contribution in [1.29, 1.82) is 0 Å². The Hall–Kier alpha value is -1.71. The van der Waals surface area contributed by atoms with E-state index in [0.29, 0.717) is 13.1 Å². The molecular weight excluding hydrogens is 192 g/mol. The lowest BCUT2D eigenvalue weighted by molar-refractivity contribution is 0.241. The number of phenolic OH excluding ortho intramolecular Hbond substituents is 1. The van der Waals surface area contributed by atoms with E-state index in [1.165, 1.54) is 0 Å². The number of carbonyl (C=O) groups is 1. The summed E-state index contributed by atoms with van der Waals surface area (Å²) in [4.78, 5) is 11.0. The van der Waals surface area contributed by atoms with Gasteiger partial charge in [-0.25, -0.2) is 4.79 Å². The summed E-state index contributed by atoms with van der Waals surface area (Å²) < 4.78 is 0. The van der Waals surface area contributed by atoms with Gasteiger partial charge in [-0.05, 0) is 31.0 Å². The molecule has 0 aliphatic carbocycles. The largest absolute Gasteiger partial charge is 0.508 e. The third-order valence-corrected chi connectivity index (χ3v) is 1.97. The van der Waals surface area contributed by atoms with Crippen LogP contribution in [0.4, 0.5) is 4.79 Å². The number of aromatic hydroxyl groups is 1. The van der Waals surface area contributed by atoms with E-state index >= 15 is 0 Å². The van der Waals surface area contributed by atoms with Crippen LogP contribution in [0.25, 0.3) is 0 Å². The second kappa shape index (κ2) is 5.90. The van der Waals surface area contributed by atoms with Crippen LogP contribution in [0, 0.1) is 0 Å². The van der Waals surface area contributed by atoms with Gasteiger partial charge in [0.2, 0.25) is 0 Å². The molecule has 0 aliphatic heterocycles. The topological polar surface area (TPSA) is 61.4 Å². The number of nitrogens with one attached hydrogen (secondary N) is 2. The van der Waals surface area contributed by atoms with Crippen molar-refractivity contribution in [3.63, 3.8) is 0 Å². The van der Waals surface area contributed by atoms with Gasteiger partial charge in [-0.3, -0.25) is 0 Å². The molecular formula is C11H16N2O2. The van der Waals surface area contributed by atoms with Crippen molar-refractivity contribution >= 4 is 6.03 Å². The number of amides is 2. The van der Waals surface area contributed by atoms with Crippen molar-refractivity contribution in [1.82, 2.24) is 10.6 Å². The second-order valence-corrected chi connectivity index (χ2v) is 3.20. The van der Waals surface area contributed by atoms with Crippen molar-refractivity contribution in [3.8, 4) is 5.75 Å². The molecule has 0 aromatic heterocycles. The van der Waals surface area contributed by atoms with Crippen molar-refractivity contribution in [2.45, 2.75) is 13.3 Å². The van der Waals surface area contributed by atoms with Crippen molar-refractivity contribution in [2.24, 2.45) is 0 Å². The van der Waals surface area contributed by atoms with E-state index in [4.69, 9.17) is 5.11 Å². The minimum absolute atomic E-state index is 0.142. The predicted molar refractivity (Wildman–Crippen MR) is 58.9 cm³/mol. The Morgan fingerprint density at radius 2 is 1.93 bits per heavy atom. The summed E-state index contributed by atoms with van der Waals surface area (Å²) in [6, 6.07) is 6.82. The Balaban J connectivity index is 2.26. The summed E-state index contributed by atoms with van der Waals surface area (Å²) in [5.74, 6) is 0.260. The minimum atomic E-state index is -0.142. The number of benzene rings is 1. The maximum absolute atomic E-state index is 11.0. The zero-order valence-electron chi connectivity index (χ0n) is 8.79. The van der Waals surface area contributed by atoms with Gasteiger partial charge >= 0.3 is 6.03 Å². The third-order valence-electron chi connectivity index (χ3n) is 1.97. The first-order chi connectivity index (χ1) is 7.22. The highest BCUT2D eigenvalue weighted by molar-refractivity contribution is 5.73. The zero-order chi connectivity index (χ0) is 11.1. The molecule has 0 heterocycles. The third kappa shape index (κ3) is 4.35. The molecule has 1 aromatic carbocycles. The van der Waals surface area contributed by atoms with Crippen LogP contribution in [0.3, 0.4) is 0 Å². The lowest BCUT2D eigenvalue weighted by atomic mass is 10.1. The summed E-state index contributed by atoms with van der Waals surface area (Å²) in [6.07, 6.45) is 0.761. The van der Waals surface area contributed by atoms with Gasteiger partial charge in [-0.2, -0.15) is 0 Å². The molecule has 15 heavy (non-hydrogen) atoms. The first kappa shape index (κ1) is 11.4. The van der Waals surface area contributed by atoms with Crippen molar-refractivity contribution in [3.05, 3.63) is 29.8 Å². The first-order valence-electron chi connectivity index (χ1n) is 5.02. The highest BCUT2D eigenvalue weighted by Gasteiger charge is 1.97. The molecule has 4 heteroatoms. The lowest BCUT2D eigenvalue weighted by Crippen LogP contribution is -2.36. The van der Waals surface area contributed by atoms with Crippen molar-refractivity contribution in [2.75, 3.05) is 13.1 Å². The SMILES string of the molecule is CCNC(=O)NCCc1ccc(O)cc1. The molecule has 0 saturated carbocycles. The molecule has 2 amide bonds.